The maximum absolute atomic E-state index is 14.2. The van der Waals surface area contributed by atoms with Crippen LogP contribution in [0.4, 0.5) is 26.3 Å². The molecule has 0 aliphatic carbocycles. The Hall–Kier alpha value is -3.81. The van der Waals surface area contributed by atoms with E-state index >= 15 is 0 Å². The van der Waals surface area contributed by atoms with Crippen molar-refractivity contribution in [3.63, 3.8) is 0 Å². The summed E-state index contributed by atoms with van der Waals surface area (Å²) in [5, 5.41) is 3.96. The molecule has 0 N–H and O–H groups in total. The minimum absolute atomic E-state index is 0.0378. The van der Waals surface area contributed by atoms with Crippen molar-refractivity contribution in [3.05, 3.63) is 96.2 Å². The van der Waals surface area contributed by atoms with Crippen LogP contribution in [-0.4, -0.2) is 9.61 Å². The van der Waals surface area contributed by atoms with Gasteiger partial charge in [0, 0.05) is 16.5 Å². The van der Waals surface area contributed by atoms with Crippen LogP contribution in [0.25, 0.3) is 38.7 Å². The zero-order valence-electron chi connectivity index (χ0n) is 16.7. The van der Waals surface area contributed by atoms with Crippen LogP contribution in [0.3, 0.4) is 0 Å². The van der Waals surface area contributed by atoms with Crippen LogP contribution < -0.4 is 0 Å². The SMILES string of the molecule is FC(F)(F)c1nn2c(c(-c3ccccc3)c(-c3ccccc3)c3ccccc32)c1C(F)(F)F. The minimum Gasteiger partial charge on any atom is -0.231 e. The van der Waals surface area contributed by atoms with E-state index in [0.717, 1.165) is 4.52 Å². The first-order chi connectivity index (χ1) is 15.7. The Bertz CT molecular complexity index is 1470. The lowest BCUT2D eigenvalue weighted by molar-refractivity contribution is -0.163. The van der Waals surface area contributed by atoms with Crippen molar-refractivity contribution in [1.29, 1.82) is 0 Å². The molecule has 0 saturated heterocycles. The molecule has 0 aliphatic heterocycles. The van der Waals surface area contributed by atoms with Crippen LogP contribution in [0, 0.1) is 0 Å². The van der Waals surface area contributed by atoms with E-state index < -0.39 is 29.1 Å². The van der Waals surface area contributed by atoms with Gasteiger partial charge in [-0.3, -0.25) is 0 Å². The molecule has 2 aromatic heterocycles. The van der Waals surface area contributed by atoms with Gasteiger partial charge in [0.15, 0.2) is 5.69 Å². The van der Waals surface area contributed by atoms with Crippen LogP contribution >= 0.6 is 0 Å². The van der Waals surface area contributed by atoms with Gasteiger partial charge in [-0.1, -0.05) is 78.9 Å². The van der Waals surface area contributed by atoms with Gasteiger partial charge in [0.2, 0.25) is 0 Å². The largest absolute Gasteiger partial charge is 0.435 e. The number of aromatic nitrogens is 2. The number of rotatable bonds is 2. The summed E-state index contributed by atoms with van der Waals surface area (Å²) >= 11 is 0. The molecule has 0 saturated carbocycles. The molecule has 2 nitrogen and oxygen atoms in total. The Morgan fingerprint density at radius 1 is 0.576 bits per heavy atom. The summed E-state index contributed by atoms with van der Waals surface area (Å²) in [4.78, 5) is 0. The Kier molecular flexibility index (Phi) is 4.70. The van der Waals surface area contributed by atoms with Gasteiger partial charge in [-0.15, -0.1) is 0 Å². The van der Waals surface area contributed by atoms with Crippen molar-refractivity contribution in [3.8, 4) is 22.3 Å². The second kappa shape index (κ2) is 7.37. The van der Waals surface area contributed by atoms with Crippen LogP contribution in [0.5, 0.6) is 0 Å². The van der Waals surface area contributed by atoms with Gasteiger partial charge in [-0.2, -0.15) is 31.4 Å². The smallest absolute Gasteiger partial charge is 0.231 e. The lowest BCUT2D eigenvalue weighted by Crippen LogP contribution is -2.15. The Balaban J connectivity index is 2.13. The highest BCUT2D eigenvalue weighted by molar-refractivity contribution is 6.09. The normalized spacial score (nSPS) is 12.5. The van der Waals surface area contributed by atoms with Crippen LogP contribution in [-0.2, 0) is 12.4 Å². The third kappa shape index (κ3) is 3.42. The van der Waals surface area contributed by atoms with Gasteiger partial charge in [0.25, 0.3) is 0 Å². The zero-order chi connectivity index (χ0) is 23.4. The highest BCUT2D eigenvalue weighted by atomic mass is 19.4. The van der Waals surface area contributed by atoms with E-state index in [1.807, 2.05) is 0 Å². The van der Waals surface area contributed by atoms with Crippen molar-refractivity contribution in [2.24, 2.45) is 0 Å². The van der Waals surface area contributed by atoms with Gasteiger partial charge in [-0.25, -0.2) is 4.52 Å². The monoisotopic (exact) mass is 456 g/mol. The third-order valence-corrected chi connectivity index (χ3v) is 5.45. The van der Waals surface area contributed by atoms with Crippen molar-refractivity contribution in [1.82, 2.24) is 9.61 Å². The Labute approximate surface area is 183 Å². The Morgan fingerprint density at radius 3 is 1.64 bits per heavy atom. The standard InChI is InChI=1S/C25H14F6N2/c26-24(27,28)21-22-20(16-11-5-2-6-12-16)19(15-9-3-1-4-10-15)17-13-7-8-14-18(17)33(22)32-23(21)25(29,30)31/h1-14H. The maximum atomic E-state index is 14.2. The number of halogens is 6. The fraction of sp³-hybridized carbons (Fsp3) is 0.0800. The zero-order valence-corrected chi connectivity index (χ0v) is 16.7. The number of nitrogens with zero attached hydrogens (tertiary/aromatic N) is 2. The molecule has 0 aliphatic rings. The summed E-state index contributed by atoms with van der Waals surface area (Å²) in [5.74, 6) is 0. The molecule has 0 unspecified atom stereocenters. The average Bonchev–Trinajstić information content (AvgIpc) is 3.21. The topological polar surface area (TPSA) is 17.3 Å². The molecule has 2 heterocycles. The van der Waals surface area contributed by atoms with Crippen LogP contribution in [0.2, 0.25) is 0 Å². The second-order valence-electron chi connectivity index (χ2n) is 7.48. The summed E-state index contributed by atoms with van der Waals surface area (Å²) in [7, 11) is 0. The molecular weight excluding hydrogens is 442 g/mol. The van der Waals surface area contributed by atoms with Gasteiger partial charge < -0.3 is 0 Å². The number of hydrogen-bond donors (Lipinski definition) is 0. The maximum Gasteiger partial charge on any atom is 0.435 e. The first-order valence-electron chi connectivity index (χ1n) is 9.90. The number of pyridine rings is 1. The lowest BCUT2D eigenvalue weighted by Gasteiger charge is -2.18. The predicted molar refractivity (Wildman–Crippen MR) is 114 cm³/mol. The van der Waals surface area contributed by atoms with E-state index in [0.29, 0.717) is 22.1 Å². The minimum atomic E-state index is -5.29. The van der Waals surface area contributed by atoms with Crippen molar-refractivity contribution in [2.75, 3.05) is 0 Å². The average molecular weight is 456 g/mol. The Morgan fingerprint density at radius 2 is 1.09 bits per heavy atom. The molecule has 3 aromatic carbocycles. The third-order valence-electron chi connectivity index (χ3n) is 5.45. The van der Waals surface area contributed by atoms with E-state index in [2.05, 4.69) is 5.10 Å². The van der Waals surface area contributed by atoms with Crippen molar-refractivity contribution < 1.29 is 26.3 Å². The lowest BCUT2D eigenvalue weighted by atomic mass is 9.89. The molecular formula is C25H14F6N2. The summed E-state index contributed by atoms with van der Waals surface area (Å²) < 4.78 is 84.8. The van der Waals surface area contributed by atoms with Crippen molar-refractivity contribution >= 4 is 16.4 Å². The highest BCUT2D eigenvalue weighted by Crippen LogP contribution is 2.49. The molecule has 0 amide bonds. The second-order valence-corrected chi connectivity index (χ2v) is 7.48. The number of benzene rings is 3. The van der Waals surface area contributed by atoms with Gasteiger partial charge >= 0.3 is 12.4 Å². The summed E-state index contributed by atoms with van der Waals surface area (Å²) in [6, 6.07) is 23.1. The van der Waals surface area contributed by atoms with Crippen LogP contribution in [0.1, 0.15) is 11.3 Å². The predicted octanol–water partition coefficient (Wildman–Crippen LogP) is 7.86. The van der Waals surface area contributed by atoms with E-state index in [4.69, 9.17) is 0 Å². The molecule has 166 valence electrons. The molecule has 0 spiro atoms. The van der Waals surface area contributed by atoms with Gasteiger partial charge in [0.05, 0.1) is 11.0 Å². The van der Waals surface area contributed by atoms with Gasteiger partial charge in [-0.05, 0) is 17.2 Å². The molecule has 0 bridgehead atoms. The summed E-state index contributed by atoms with van der Waals surface area (Å²) in [6.45, 7) is 0. The van der Waals surface area contributed by atoms with E-state index in [1.54, 1.807) is 78.9 Å². The van der Waals surface area contributed by atoms with E-state index in [9.17, 15) is 26.3 Å². The first kappa shape index (κ1) is 21.1. The summed E-state index contributed by atoms with van der Waals surface area (Å²) in [6.07, 6.45) is -10.6. The van der Waals surface area contributed by atoms with E-state index in [1.165, 1.54) is 6.07 Å². The summed E-state index contributed by atoms with van der Waals surface area (Å²) in [5.41, 5.74) is -2.85. The van der Waals surface area contributed by atoms with E-state index in [-0.39, 0.29) is 11.1 Å². The number of alkyl halides is 6. The number of hydrogen-bond acceptors (Lipinski definition) is 1. The molecule has 0 atom stereocenters. The molecule has 0 fully saturated rings. The fourth-order valence-corrected chi connectivity index (χ4v) is 4.20. The molecule has 5 aromatic rings. The first-order valence-corrected chi connectivity index (χ1v) is 9.90. The quantitative estimate of drug-likeness (QED) is 0.247. The molecule has 5 rings (SSSR count). The fourth-order valence-electron chi connectivity index (χ4n) is 4.20. The van der Waals surface area contributed by atoms with Crippen LogP contribution in [0.15, 0.2) is 84.9 Å². The number of para-hydroxylation sites is 1. The molecule has 0 radical (unpaired) electrons. The van der Waals surface area contributed by atoms with Gasteiger partial charge in [0.1, 0.15) is 5.56 Å². The number of fused-ring (bicyclic) bond motifs is 3. The highest BCUT2D eigenvalue weighted by Gasteiger charge is 2.49. The molecule has 33 heavy (non-hydrogen) atoms. The molecule has 8 heteroatoms. The van der Waals surface area contributed by atoms with Crippen molar-refractivity contribution in [2.45, 2.75) is 12.4 Å².